The van der Waals surface area contributed by atoms with Crippen LogP contribution in [0.1, 0.15) is 13.3 Å². The van der Waals surface area contributed by atoms with E-state index in [1.54, 1.807) is 0 Å². The number of ether oxygens (including phenoxy) is 1. The summed E-state index contributed by atoms with van der Waals surface area (Å²) in [6.07, 6.45) is 0.853. The van der Waals surface area contributed by atoms with Crippen LogP contribution in [-0.2, 0) is 9.53 Å². The van der Waals surface area contributed by atoms with Gasteiger partial charge in [0.25, 0.3) is 0 Å². The van der Waals surface area contributed by atoms with Crippen LogP contribution in [0.15, 0.2) is 29.2 Å². The van der Waals surface area contributed by atoms with E-state index in [0.717, 1.165) is 23.6 Å². The third kappa shape index (κ3) is 6.51. The van der Waals surface area contributed by atoms with Gasteiger partial charge >= 0.3 is 0 Å². The topological polar surface area (TPSA) is 64.3 Å². The maximum Gasteiger partial charge on any atom is 0.230 e. The molecule has 0 atom stereocenters. The Morgan fingerprint density at radius 1 is 1.39 bits per heavy atom. The molecule has 100 valence electrons. The molecular weight excluding hydrogens is 248 g/mol. The molecule has 5 heteroatoms. The number of anilines is 1. The number of thioether (sulfide) groups is 1. The van der Waals surface area contributed by atoms with E-state index in [9.17, 15) is 4.79 Å². The lowest BCUT2D eigenvalue weighted by Crippen LogP contribution is -2.26. The third-order valence-electron chi connectivity index (χ3n) is 2.24. The average Bonchev–Trinajstić information content (AvgIpc) is 2.38. The van der Waals surface area contributed by atoms with E-state index in [-0.39, 0.29) is 5.91 Å². The largest absolute Gasteiger partial charge is 0.399 e. The fourth-order valence-electron chi connectivity index (χ4n) is 1.31. The predicted molar refractivity (Wildman–Crippen MR) is 75.7 cm³/mol. The lowest BCUT2D eigenvalue weighted by Gasteiger charge is -2.05. The van der Waals surface area contributed by atoms with Crippen LogP contribution in [0.5, 0.6) is 0 Å². The first-order valence-corrected chi connectivity index (χ1v) is 7.03. The van der Waals surface area contributed by atoms with Crippen molar-refractivity contribution in [2.75, 3.05) is 31.2 Å². The molecule has 3 N–H and O–H groups in total. The molecular formula is C13H20N2O2S. The highest BCUT2D eigenvalue weighted by atomic mass is 32.2. The fraction of sp³-hybridized carbons (Fsp3) is 0.462. The van der Waals surface area contributed by atoms with Gasteiger partial charge in [-0.25, -0.2) is 0 Å². The molecule has 0 heterocycles. The van der Waals surface area contributed by atoms with Crippen molar-refractivity contribution >= 4 is 23.4 Å². The van der Waals surface area contributed by atoms with Gasteiger partial charge in [0.2, 0.25) is 5.91 Å². The number of carbonyl (C=O) groups is 1. The summed E-state index contributed by atoms with van der Waals surface area (Å²) in [6.45, 7) is 4.05. The van der Waals surface area contributed by atoms with E-state index < -0.39 is 0 Å². The van der Waals surface area contributed by atoms with Crippen LogP contribution >= 0.6 is 11.8 Å². The number of hydrogen-bond donors (Lipinski definition) is 2. The van der Waals surface area contributed by atoms with Crippen molar-refractivity contribution in [1.82, 2.24) is 5.32 Å². The van der Waals surface area contributed by atoms with Gasteiger partial charge in [-0.15, -0.1) is 11.8 Å². The number of rotatable bonds is 8. The minimum Gasteiger partial charge on any atom is -0.399 e. The first-order chi connectivity index (χ1) is 8.72. The predicted octanol–water partition coefficient (Wildman–Crippen LogP) is 1.90. The van der Waals surface area contributed by atoms with Crippen LogP contribution in [-0.4, -0.2) is 31.4 Å². The third-order valence-corrected chi connectivity index (χ3v) is 3.25. The van der Waals surface area contributed by atoms with Crippen molar-refractivity contribution < 1.29 is 9.53 Å². The fourth-order valence-corrected chi connectivity index (χ4v) is 2.04. The van der Waals surface area contributed by atoms with E-state index in [1.165, 1.54) is 11.8 Å². The van der Waals surface area contributed by atoms with Crippen LogP contribution in [0.4, 0.5) is 5.69 Å². The van der Waals surface area contributed by atoms with Crippen LogP contribution in [0.2, 0.25) is 0 Å². The number of nitrogen functional groups attached to an aromatic ring is 1. The molecule has 0 spiro atoms. The average molecular weight is 268 g/mol. The van der Waals surface area contributed by atoms with E-state index in [4.69, 9.17) is 10.5 Å². The molecule has 1 aromatic rings. The maximum absolute atomic E-state index is 11.5. The zero-order chi connectivity index (χ0) is 13.2. The van der Waals surface area contributed by atoms with Gasteiger partial charge in [0.1, 0.15) is 0 Å². The van der Waals surface area contributed by atoms with Gasteiger partial charge in [0, 0.05) is 30.3 Å². The smallest absolute Gasteiger partial charge is 0.230 e. The summed E-state index contributed by atoms with van der Waals surface area (Å²) in [5.41, 5.74) is 6.32. The van der Waals surface area contributed by atoms with Gasteiger partial charge in [-0.05, 0) is 37.6 Å². The van der Waals surface area contributed by atoms with Crippen molar-refractivity contribution in [1.29, 1.82) is 0 Å². The van der Waals surface area contributed by atoms with Crippen molar-refractivity contribution in [2.24, 2.45) is 0 Å². The zero-order valence-corrected chi connectivity index (χ0v) is 11.5. The Bertz CT molecular complexity index is 355. The van der Waals surface area contributed by atoms with Gasteiger partial charge in [0.15, 0.2) is 0 Å². The summed E-state index contributed by atoms with van der Waals surface area (Å²) >= 11 is 1.51. The van der Waals surface area contributed by atoms with Crippen molar-refractivity contribution in [2.45, 2.75) is 18.2 Å². The van der Waals surface area contributed by atoms with Gasteiger partial charge in [-0.1, -0.05) is 0 Å². The second-order valence-electron chi connectivity index (χ2n) is 3.76. The van der Waals surface area contributed by atoms with Gasteiger partial charge < -0.3 is 15.8 Å². The molecule has 1 aromatic carbocycles. The van der Waals surface area contributed by atoms with E-state index in [0.29, 0.717) is 18.9 Å². The summed E-state index contributed by atoms with van der Waals surface area (Å²) in [7, 11) is 0. The zero-order valence-electron chi connectivity index (χ0n) is 10.6. The summed E-state index contributed by atoms with van der Waals surface area (Å²) in [5.74, 6) is 0.478. The van der Waals surface area contributed by atoms with Gasteiger partial charge in [0.05, 0.1) is 5.75 Å². The first-order valence-electron chi connectivity index (χ1n) is 6.05. The molecule has 1 rings (SSSR count). The second kappa shape index (κ2) is 8.83. The molecule has 0 aliphatic carbocycles. The Kier molecular flexibility index (Phi) is 7.29. The highest BCUT2D eigenvalue weighted by Gasteiger charge is 2.02. The van der Waals surface area contributed by atoms with E-state index in [2.05, 4.69) is 5.32 Å². The Morgan fingerprint density at radius 3 is 2.78 bits per heavy atom. The number of nitrogens with two attached hydrogens (primary N) is 1. The summed E-state index contributed by atoms with van der Waals surface area (Å²) in [4.78, 5) is 12.6. The molecule has 0 fully saturated rings. The molecule has 0 radical (unpaired) electrons. The van der Waals surface area contributed by atoms with Crippen LogP contribution in [0, 0.1) is 0 Å². The number of amides is 1. The molecule has 4 nitrogen and oxygen atoms in total. The monoisotopic (exact) mass is 268 g/mol. The molecule has 1 amide bonds. The van der Waals surface area contributed by atoms with E-state index >= 15 is 0 Å². The van der Waals surface area contributed by atoms with Crippen LogP contribution < -0.4 is 11.1 Å². The Labute approximate surface area is 112 Å². The minimum atomic E-state index is 0.0494. The highest BCUT2D eigenvalue weighted by Crippen LogP contribution is 2.18. The van der Waals surface area contributed by atoms with Gasteiger partial charge in [-0.3, -0.25) is 4.79 Å². The number of nitrogens with one attached hydrogen (secondary N) is 1. The molecule has 0 saturated carbocycles. The Morgan fingerprint density at radius 2 is 2.11 bits per heavy atom. The summed E-state index contributed by atoms with van der Waals surface area (Å²) in [6, 6.07) is 7.51. The molecule has 0 unspecified atom stereocenters. The number of hydrogen-bond acceptors (Lipinski definition) is 4. The van der Waals surface area contributed by atoms with Crippen LogP contribution in [0.3, 0.4) is 0 Å². The SMILES string of the molecule is CCOCCCNC(=O)CSc1ccc(N)cc1. The standard InChI is InChI=1S/C13H20N2O2S/c1-2-17-9-3-8-15-13(16)10-18-12-6-4-11(14)5-7-12/h4-7H,2-3,8-10,14H2,1H3,(H,15,16). The van der Waals surface area contributed by atoms with Crippen molar-refractivity contribution in [3.8, 4) is 0 Å². The molecule has 18 heavy (non-hydrogen) atoms. The van der Waals surface area contributed by atoms with Crippen molar-refractivity contribution in [3.63, 3.8) is 0 Å². The normalized spacial score (nSPS) is 10.3. The van der Waals surface area contributed by atoms with Gasteiger partial charge in [-0.2, -0.15) is 0 Å². The molecule has 0 bridgehead atoms. The summed E-state index contributed by atoms with van der Waals surface area (Å²) < 4.78 is 5.19. The first kappa shape index (κ1) is 14.9. The van der Waals surface area contributed by atoms with E-state index in [1.807, 2.05) is 31.2 Å². The molecule has 0 aromatic heterocycles. The molecule has 0 aliphatic heterocycles. The minimum absolute atomic E-state index is 0.0494. The second-order valence-corrected chi connectivity index (χ2v) is 4.81. The number of carbonyl (C=O) groups excluding carboxylic acids is 1. The highest BCUT2D eigenvalue weighted by molar-refractivity contribution is 8.00. The van der Waals surface area contributed by atoms with Crippen molar-refractivity contribution in [3.05, 3.63) is 24.3 Å². The molecule has 0 saturated heterocycles. The summed E-state index contributed by atoms with van der Waals surface area (Å²) in [5, 5.41) is 2.86. The lowest BCUT2D eigenvalue weighted by atomic mass is 10.3. The quantitative estimate of drug-likeness (QED) is 0.429. The molecule has 0 aliphatic rings. The Balaban J connectivity index is 2.11. The van der Waals surface area contributed by atoms with Crippen LogP contribution in [0.25, 0.3) is 0 Å². The lowest BCUT2D eigenvalue weighted by molar-refractivity contribution is -0.118. The Hall–Kier alpha value is -1.20. The maximum atomic E-state index is 11.5. The number of benzene rings is 1.